The van der Waals surface area contributed by atoms with Crippen molar-refractivity contribution in [3.05, 3.63) is 59.1 Å². The van der Waals surface area contributed by atoms with Gasteiger partial charge in [0.1, 0.15) is 5.75 Å². The molecule has 2 aromatic rings. The molecule has 1 N–H and O–H groups in total. The molecule has 0 bridgehead atoms. The number of hydrazone groups is 1. The van der Waals surface area contributed by atoms with E-state index in [0.29, 0.717) is 18.2 Å². The lowest BCUT2D eigenvalue weighted by molar-refractivity contribution is -0.126. The van der Waals surface area contributed by atoms with E-state index in [1.807, 2.05) is 37.3 Å². The maximum absolute atomic E-state index is 12.3. The summed E-state index contributed by atoms with van der Waals surface area (Å²) in [4.78, 5) is 26.2. The van der Waals surface area contributed by atoms with Crippen LogP contribution in [0.3, 0.4) is 0 Å². The Labute approximate surface area is 162 Å². The fourth-order valence-electron chi connectivity index (χ4n) is 2.87. The van der Waals surface area contributed by atoms with Crippen LogP contribution < -0.4 is 15.1 Å². The summed E-state index contributed by atoms with van der Waals surface area (Å²) >= 11 is 5.91. The molecular weight excluding hydrogens is 366 g/mol. The number of hydrogen-bond acceptors (Lipinski definition) is 4. The zero-order valence-electron chi connectivity index (χ0n) is 14.9. The third-order valence-corrected chi connectivity index (χ3v) is 4.43. The van der Waals surface area contributed by atoms with Gasteiger partial charge in [0.15, 0.2) is 0 Å². The number of ether oxygens (including phenoxy) is 1. The van der Waals surface area contributed by atoms with E-state index in [9.17, 15) is 9.59 Å². The molecule has 1 aliphatic rings. The molecule has 1 aliphatic heterocycles. The number of nitrogens with zero attached hydrogens (tertiary/aromatic N) is 2. The number of anilines is 1. The Balaban J connectivity index is 1.58. The van der Waals surface area contributed by atoms with Crippen LogP contribution in [-0.4, -0.2) is 31.2 Å². The predicted octanol–water partition coefficient (Wildman–Crippen LogP) is 3.24. The van der Waals surface area contributed by atoms with Gasteiger partial charge >= 0.3 is 0 Å². The quantitative estimate of drug-likeness (QED) is 0.613. The molecule has 2 amide bonds. The van der Waals surface area contributed by atoms with Crippen LogP contribution in [0.1, 0.15) is 18.9 Å². The van der Waals surface area contributed by atoms with E-state index in [0.717, 1.165) is 17.0 Å². The van der Waals surface area contributed by atoms with Gasteiger partial charge < -0.3 is 9.64 Å². The highest BCUT2D eigenvalue weighted by Gasteiger charge is 2.35. The summed E-state index contributed by atoms with van der Waals surface area (Å²) in [5, 5.41) is 4.55. The maximum Gasteiger partial charge on any atom is 0.245 e. The van der Waals surface area contributed by atoms with Gasteiger partial charge in [0, 0.05) is 23.7 Å². The lowest BCUT2D eigenvalue weighted by atomic mass is 10.1. The first-order chi connectivity index (χ1) is 13.1. The number of rotatable bonds is 6. The highest BCUT2D eigenvalue weighted by atomic mass is 35.5. The normalized spacial score (nSPS) is 16.7. The molecule has 1 atom stereocenters. The average Bonchev–Trinajstić information content (AvgIpc) is 3.04. The lowest BCUT2D eigenvalue weighted by Crippen LogP contribution is -2.30. The molecule has 0 aromatic heterocycles. The van der Waals surface area contributed by atoms with Crippen LogP contribution in [0, 0.1) is 5.92 Å². The first-order valence-corrected chi connectivity index (χ1v) is 9.06. The van der Waals surface area contributed by atoms with Crippen molar-refractivity contribution >= 4 is 35.3 Å². The number of amides is 2. The monoisotopic (exact) mass is 385 g/mol. The van der Waals surface area contributed by atoms with Gasteiger partial charge in [-0.3, -0.25) is 9.59 Å². The Hall–Kier alpha value is -2.86. The molecule has 3 rings (SSSR count). The number of carbonyl (C=O) groups is 2. The molecule has 27 heavy (non-hydrogen) atoms. The lowest BCUT2D eigenvalue weighted by Gasteiger charge is -2.17. The largest absolute Gasteiger partial charge is 0.494 e. The second kappa shape index (κ2) is 8.68. The van der Waals surface area contributed by atoms with Gasteiger partial charge in [0.25, 0.3) is 0 Å². The van der Waals surface area contributed by atoms with Crippen molar-refractivity contribution in [3.8, 4) is 5.75 Å². The number of hydrogen-bond donors (Lipinski definition) is 1. The van der Waals surface area contributed by atoms with Crippen LogP contribution in [0.5, 0.6) is 5.75 Å². The molecule has 0 spiro atoms. The first kappa shape index (κ1) is 18.9. The molecule has 0 unspecified atom stereocenters. The Morgan fingerprint density at radius 3 is 2.81 bits per heavy atom. The second-order valence-electron chi connectivity index (χ2n) is 6.12. The zero-order valence-corrected chi connectivity index (χ0v) is 15.6. The van der Waals surface area contributed by atoms with Crippen molar-refractivity contribution in [2.45, 2.75) is 13.3 Å². The van der Waals surface area contributed by atoms with Gasteiger partial charge in [0.05, 0.1) is 18.7 Å². The number of halogens is 1. The van der Waals surface area contributed by atoms with Crippen molar-refractivity contribution < 1.29 is 14.3 Å². The number of benzene rings is 2. The highest BCUT2D eigenvalue weighted by molar-refractivity contribution is 6.30. The van der Waals surface area contributed by atoms with E-state index >= 15 is 0 Å². The number of nitrogens with one attached hydrogen (secondary N) is 1. The van der Waals surface area contributed by atoms with Crippen LogP contribution in [-0.2, 0) is 9.59 Å². The SMILES string of the molecule is CCOc1ccc(N2C[C@@H](C(=O)N/N=C\c3cccc(Cl)c3)CC2=O)cc1. The Kier molecular flexibility index (Phi) is 6.08. The van der Waals surface area contributed by atoms with Crippen molar-refractivity contribution in [1.29, 1.82) is 0 Å². The fourth-order valence-corrected chi connectivity index (χ4v) is 3.07. The molecule has 6 nitrogen and oxygen atoms in total. The van der Waals surface area contributed by atoms with Gasteiger partial charge in [-0.05, 0) is 48.9 Å². The number of carbonyl (C=O) groups excluding carboxylic acids is 2. The Morgan fingerprint density at radius 2 is 2.11 bits per heavy atom. The summed E-state index contributed by atoms with van der Waals surface area (Å²) in [5.41, 5.74) is 4.03. The Morgan fingerprint density at radius 1 is 1.33 bits per heavy atom. The van der Waals surface area contributed by atoms with Gasteiger partial charge in [-0.1, -0.05) is 23.7 Å². The van der Waals surface area contributed by atoms with Gasteiger partial charge in [0.2, 0.25) is 11.8 Å². The molecular formula is C20H20ClN3O3. The average molecular weight is 386 g/mol. The summed E-state index contributed by atoms with van der Waals surface area (Å²) in [7, 11) is 0. The molecule has 2 aromatic carbocycles. The van der Waals surface area contributed by atoms with E-state index < -0.39 is 5.92 Å². The van der Waals surface area contributed by atoms with E-state index in [1.54, 1.807) is 23.1 Å². The van der Waals surface area contributed by atoms with Crippen LogP contribution in [0.4, 0.5) is 5.69 Å². The minimum Gasteiger partial charge on any atom is -0.494 e. The van der Waals surface area contributed by atoms with Crippen LogP contribution in [0.25, 0.3) is 0 Å². The molecule has 140 valence electrons. The third-order valence-electron chi connectivity index (χ3n) is 4.19. The van der Waals surface area contributed by atoms with E-state index in [2.05, 4.69) is 10.5 Å². The summed E-state index contributed by atoms with van der Waals surface area (Å²) in [6, 6.07) is 14.4. The van der Waals surface area contributed by atoms with E-state index in [4.69, 9.17) is 16.3 Å². The van der Waals surface area contributed by atoms with Crippen LogP contribution in [0.2, 0.25) is 5.02 Å². The molecule has 0 saturated carbocycles. The van der Waals surface area contributed by atoms with Crippen LogP contribution in [0.15, 0.2) is 53.6 Å². The molecule has 1 heterocycles. The summed E-state index contributed by atoms with van der Waals surface area (Å²) in [5.74, 6) is -0.0636. The molecule has 0 aliphatic carbocycles. The van der Waals surface area contributed by atoms with Crippen LogP contribution >= 0.6 is 11.6 Å². The first-order valence-electron chi connectivity index (χ1n) is 8.68. The van der Waals surface area contributed by atoms with Gasteiger partial charge in [-0.2, -0.15) is 5.10 Å². The molecule has 1 saturated heterocycles. The van der Waals surface area contributed by atoms with Crippen molar-refractivity contribution in [1.82, 2.24) is 5.43 Å². The minimum atomic E-state index is -0.444. The molecule has 7 heteroatoms. The second-order valence-corrected chi connectivity index (χ2v) is 6.56. The zero-order chi connectivity index (χ0) is 19.2. The summed E-state index contributed by atoms with van der Waals surface area (Å²) in [6.07, 6.45) is 1.68. The standard InChI is InChI=1S/C20H20ClN3O3/c1-2-27-18-8-6-17(7-9-18)24-13-15(11-19(24)25)20(26)23-22-12-14-4-3-5-16(21)10-14/h3-10,12,15H,2,11,13H2,1H3,(H,23,26)/b22-12-/t15-/m0/s1. The smallest absolute Gasteiger partial charge is 0.245 e. The van der Waals surface area contributed by atoms with Gasteiger partial charge in [-0.25, -0.2) is 5.43 Å². The highest BCUT2D eigenvalue weighted by Crippen LogP contribution is 2.27. The van der Waals surface area contributed by atoms with Gasteiger partial charge in [-0.15, -0.1) is 0 Å². The van der Waals surface area contributed by atoms with Crippen molar-refractivity contribution in [2.75, 3.05) is 18.1 Å². The topological polar surface area (TPSA) is 71.0 Å². The van der Waals surface area contributed by atoms with Crippen molar-refractivity contribution in [3.63, 3.8) is 0 Å². The summed E-state index contributed by atoms with van der Waals surface area (Å²) in [6.45, 7) is 2.82. The Bertz CT molecular complexity index is 852. The van der Waals surface area contributed by atoms with Crippen molar-refractivity contribution in [2.24, 2.45) is 11.0 Å². The fraction of sp³-hybridized carbons (Fsp3) is 0.250. The van der Waals surface area contributed by atoms with E-state index in [-0.39, 0.29) is 18.2 Å². The van der Waals surface area contributed by atoms with E-state index in [1.165, 1.54) is 6.21 Å². The minimum absolute atomic E-state index is 0.0851. The third kappa shape index (κ3) is 4.86. The molecule has 0 radical (unpaired) electrons. The summed E-state index contributed by atoms with van der Waals surface area (Å²) < 4.78 is 5.41. The maximum atomic E-state index is 12.3. The molecule has 1 fully saturated rings. The predicted molar refractivity (Wildman–Crippen MR) is 105 cm³/mol.